The third-order valence-electron chi connectivity index (χ3n) is 1.83. The van der Waals surface area contributed by atoms with E-state index in [2.05, 4.69) is 10.3 Å². The maximum absolute atomic E-state index is 13.0. The second-order valence-electron chi connectivity index (χ2n) is 2.88. The average Bonchev–Trinajstić information content (AvgIpc) is 2.70. The SMILES string of the molecule is Fc1ccc(Cl)c(-n2cc(CCl)nn2)c1. The lowest BCUT2D eigenvalue weighted by Crippen LogP contribution is -1.96. The largest absolute Gasteiger partial charge is 0.219 e. The molecule has 3 nitrogen and oxygen atoms in total. The molecule has 0 radical (unpaired) electrons. The van der Waals surface area contributed by atoms with Crippen LogP contribution in [0.5, 0.6) is 0 Å². The van der Waals surface area contributed by atoms with E-state index in [-0.39, 0.29) is 11.7 Å². The molecule has 0 aliphatic rings. The first-order chi connectivity index (χ1) is 7.20. The standard InChI is InChI=1S/C9H6Cl2FN3/c10-4-7-5-15(14-13-7)9-3-6(12)1-2-8(9)11/h1-3,5H,4H2. The van der Waals surface area contributed by atoms with Gasteiger partial charge in [-0.1, -0.05) is 16.8 Å². The first-order valence-corrected chi connectivity index (χ1v) is 5.04. The van der Waals surface area contributed by atoms with Gasteiger partial charge >= 0.3 is 0 Å². The van der Waals surface area contributed by atoms with E-state index in [0.29, 0.717) is 16.4 Å². The van der Waals surface area contributed by atoms with Gasteiger partial charge in [0.05, 0.1) is 28.5 Å². The second-order valence-corrected chi connectivity index (χ2v) is 3.56. The maximum atomic E-state index is 13.0. The van der Waals surface area contributed by atoms with E-state index in [4.69, 9.17) is 23.2 Å². The van der Waals surface area contributed by atoms with Gasteiger partial charge < -0.3 is 0 Å². The van der Waals surface area contributed by atoms with E-state index in [1.807, 2.05) is 0 Å². The lowest BCUT2D eigenvalue weighted by atomic mass is 10.3. The third-order valence-corrected chi connectivity index (χ3v) is 2.43. The highest BCUT2D eigenvalue weighted by molar-refractivity contribution is 6.32. The summed E-state index contributed by atoms with van der Waals surface area (Å²) in [7, 11) is 0. The van der Waals surface area contributed by atoms with E-state index < -0.39 is 0 Å². The number of benzene rings is 1. The minimum absolute atomic E-state index is 0.257. The van der Waals surface area contributed by atoms with Gasteiger partial charge in [-0.3, -0.25) is 0 Å². The molecule has 1 heterocycles. The predicted molar refractivity (Wildman–Crippen MR) is 55.9 cm³/mol. The molecule has 0 aliphatic carbocycles. The molecule has 6 heteroatoms. The highest BCUT2D eigenvalue weighted by Gasteiger charge is 2.07. The Bertz CT molecular complexity index is 484. The van der Waals surface area contributed by atoms with Crippen molar-refractivity contribution >= 4 is 23.2 Å². The highest BCUT2D eigenvalue weighted by atomic mass is 35.5. The van der Waals surface area contributed by atoms with Gasteiger partial charge in [0.25, 0.3) is 0 Å². The first kappa shape index (κ1) is 10.4. The van der Waals surface area contributed by atoms with Gasteiger partial charge in [0.1, 0.15) is 5.82 Å². The molecule has 0 N–H and O–H groups in total. The number of halogens is 3. The Hall–Kier alpha value is -1.13. The summed E-state index contributed by atoms with van der Waals surface area (Å²) in [6, 6.07) is 4.04. The van der Waals surface area contributed by atoms with Crippen LogP contribution in [0.3, 0.4) is 0 Å². The van der Waals surface area contributed by atoms with Crippen LogP contribution in [-0.2, 0) is 5.88 Å². The highest BCUT2D eigenvalue weighted by Crippen LogP contribution is 2.20. The van der Waals surface area contributed by atoms with Crippen molar-refractivity contribution < 1.29 is 4.39 Å². The minimum atomic E-state index is -0.377. The Morgan fingerprint density at radius 2 is 2.20 bits per heavy atom. The average molecular weight is 246 g/mol. The Morgan fingerprint density at radius 3 is 2.87 bits per heavy atom. The van der Waals surface area contributed by atoms with Crippen LogP contribution >= 0.6 is 23.2 Å². The molecule has 0 aliphatic heterocycles. The Kier molecular flexibility index (Phi) is 2.88. The molecule has 2 rings (SSSR count). The fourth-order valence-electron chi connectivity index (χ4n) is 1.14. The van der Waals surface area contributed by atoms with Crippen LogP contribution in [0.1, 0.15) is 5.69 Å². The van der Waals surface area contributed by atoms with Gasteiger partial charge in [-0.2, -0.15) is 0 Å². The molecule has 0 atom stereocenters. The van der Waals surface area contributed by atoms with E-state index in [0.717, 1.165) is 0 Å². The zero-order valence-electron chi connectivity index (χ0n) is 7.49. The lowest BCUT2D eigenvalue weighted by molar-refractivity contribution is 0.625. The van der Waals surface area contributed by atoms with Crippen molar-refractivity contribution in [2.75, 3.05) is 0 Å². The van der Waals surface area contributed by atoms with Crippen LogP contribution in [0, 0.1) is 5.82 Å². The summed E-state index contributed by atoms with van der Waals surface area (Å²) in [4.78, 5) is 0. The minimum Gasteiger partial charge on any atom is -0.219 e. The van der Waals surface area contributed by atoms with E-state index in [1.54, 1.807) is 6.20 Å². The zero-order chi connectivity index (χ0) is 10.8. The van der Waals surface area contributed by atoms with Crippen molar-refractivity contribution in [1.82, 2.24) is 15.0 Å². The van der Waals surface area contributed by atoms with Gasteiger partial charge in [0.2, 0.25) is 0 Å². The number of nitrogens with zero attached hydrogens (tertiary/aromatic N) is 3. The van der Waals surface area contributed by atoms with Crippen molar-refractivity contribution in [2.24, 2.45) is 0 Å². The molecule has 0 amide bonds. The van der Waals surface area contributed by atoms with E-state index in [1.165, 1.54) is 22.9 Å². The lowest BCUT2D eigenvalue weighted by Gasteiger charge is -2.02. The van der Waals surface area contributed by atoms with Crippen LogP contribution < -0.4 is 0 Å². The summed E-state index contributed by atoms with van der Waals surface area (Å²) in [5.74, 6) is -0.121. The Morgan fingerprint density at radius 1 is 1.40 bits per heavy atom. The Labute approximate surface area is 95.4 Å². The molecule has 0 bridgehead atoms. The molecule has 0 unspecified atom stereocenters. The first-order valence-electron chi connectivity index (χ1n) is 4.13. The van der Waals surface area contributed by atoms with Gasteiger partial charge in [0, 0.05) is 6.07 Å². The van der Waals surface area contributed by atoms with Crippen LogP contribution in [0.25, 0.3) is 5.69 Å². The summed E-state index contributed by atoms with van der Waals surface area (Å²) >= 11 is 11.5. The Balaban J connectivity index is 2.48. The molecular weight excluding hydrogens is 240 g/mol. The monoisotopic (exact) mass is 245 g/mol. The van der Waals surface area contributed by atoms with Crippen molar-refractivity contribution in [2.45, 2.75) is 5.88 Å². The van der Waals surface area contributed by atoms with Crippen molar-refractivity contribution in [3.63, 3.8) is 0 Å². The molecule has 2 aromatic rings. The van der Waals surface area contributed by atoms with E-state index in [9.17, 15) is 4.39 Å². The quantitative estimate of drug-likeness (QED) is 0.763. The summed E-state index contributed by atoms with van der Waals surface area (Å²) in [5, 5.41) is 7.98. The molecule has 0 spiro atoms. The van der Waals surface area contributed by atoms with E-state index >= 15 is 0 Å². The molecule has 0 saturated carbocycles. The number of aromatic nitrogens is 3. The van der Waals surface area contributed by atoms with Gasteiger partial charge in [-0.25, -0.2) is 9.07 Å². The summed E-state index contributed by atoms with van der Waals surface area (Å²) < 4.78 is 14.4. The van der Waals surface area contributed by atoms with Crippen molar-refractivity contribution in [1.29, 1.82) is 0 Å². The van der Waals surface area contributed by atoms with Crippen molar-refractivity contribution in [3.05, 3.63) is 40.9 Å². The summed E-state index contributed by atoms with van der Waals surface area (Å²) in [6.07, 6.45) is 1.60. The predicted octanol–water partition coefficient (Wildman–Crippen LogP) is 2.80. The number of hydrogen-bond acceptors (Lipinski definition) is 2. The topological polar surface area (TPSA) is 30.7 Å². The van der Waals surface area contributed by atoms with Crippen LogP contribution in [-0.4, -0.2) is 15.0 Å². The fraction of sp³-hybridized carbons (Fsp3) is 0.111. The second kappa shape index (κ2) is 4.16. The summed E-state index contributed by atoms with van der Waals surface area (Å²) in [6.45, 7) is 0. The number of alkyl halides is 1. The fourth-order valence-corrected chi connectivity index (χ4v) is 1.47. The molecule has 0 fully saturated rings. The third kappa shape index (κ3) is 2.11. The number of rotatable bonds is 2. The molecule has 1 aromatic heterocycles. The van der Waals surface area contributed by atoms with Gasteiger partial charge in [-0.15, -0.1) is 16.7 Å². The zero-order valence-corrected chi connectivity index (χ0v) is 9.00. The molecule has 1 aromatic carbocycles. The van der Waals surface area contributed by atoms with Crippen LogP contribution in [0.2, 0.25) is 5.02 Å². The van der Waals surface area contributed by atoms with Gasteiger partial charge in [0.15, 0.2) is 0 Å². The normalized spacial score (nSPS) is 10.6. The summed E-state index contributed by atoms with van der Waals surface area (Å²) in [5.41, 5.74) is 1.05. The molecule has 78 valence electrons. The molecule has 15 heavy (non-hydrogen) atoms. The van der Waals surface area contributed by atoms with Crippen LogP contribution in [0.4, 0.5) is 4.39 Å². The molecular formula is C9H6Cl2FN3. The van der Waals surface area contributed by atoms with Crippen molar-refractivity contribution in [3.8, 4) is 5.69 Å². The maximum Gasteiger partial charge on any atom is 0.125 e. The van der Waals surface area contributed by atoms with Gasteiger partial charge in [-0.05, 0) is 12.1 Å². The smallest absolute Gasteiger partial charge is 0.125 e. The number of hydrogen-bond donors (Lipinski definition) is 0. The molecule has 0 saturated heterocycles. The van der Waals surface area contributed by atoms with Crippen LogP contribution in [0.15, 0.2) is 24.4 Å².